The fraction of sp³-hybridized carbons (Fsp3) is 0.143. The van der Waals surface area contributed by atoms with Gasteiger partial charge in [0.15, 0.2) is 0 Å². The van der Waals surface area contributed by atoms with Gasteiger partial charge in [0, 0.05) is 10.6 Å². The molecule has 0 aliphatic rings. The number of benzene rings is 1. The van der Waals surface area contributed by atoms with Crippen LogP contribution in [0.4, 0.5) is 5.69 Å². The van der Waals surface area contributed by atoms with E-state index < -0.39 is 0 Å². The molecule has 0 spiro atoms. The fourth-order valence-corrected chi connectivity index (χ4v) is 3.30. The first-order chi connectivity index (χ1) is 9.74. The highest BCUT2D eigenvalue weighted by Crippen LogP contribution is 2.29. The van der Waals surface area contributed by atoms with Crippen molar-refractivity contribution in [3.05, 3.63) is 47.2 Å². The van der Waals surface area contributed by atoms with Crippen molar-refractivity contribution in [1.82, 2.24) is 10.1 Å². The van der Waals surface area contributed by atoms with Crippen molar-refractivity contribution < 1.29 is 4.52 Å². The molecular formula is C14H13N3OS2. The van der Waals surface area contributed by atoms with Crippen LogP contribution in [0.5, 0.6) is 0 Å². The van der Waals surface area contributed by atoms with Gasteiger partial charge in [-0.15, -0.1) is 23.1 Å². The Morgan fingerprint density at radius 2 is 2.20 bits per heavy atom. The molecule has 102 valence electrons. The molecule has 0 aliphatic carbocycles. The highest BCUT2D eigenvalue weighted by atomic mass is 32.2. The lowest BCUT2D eigenvalue weighted by atomic mass is 10.2. The Kier molecular flexibility index (Phi) is 3.75. The van der Waals surface area contributed by atoms with Crippen LogP contribution in [-0.2, 0) is 5.75 Å². The Morgan fingerprint density at radius 3 is 3.00 bits per heavy atom. The number of thiophene rings is 1. The van der Waals surface area contributed by atoms with Gasteiger partial charge in [0.25, 0.3) is 0 Å². The first-order valence-electron chi connectivity index (χ1n) is 6.08. The van der Waals surface area contributed by atoms with Gasteiger partial charge in [-0.2, -0.15) is 4.98 Å². The van der Waals surface area contributed by atoms with Crippen molar-refractivity contribution in [3.8, 4) is 10.7 Å². The van der Waals surface area contributed by atoms with Gasteiger partial charge in [-0.25, -0.2) is 0 Å². The molecule has 0 aliphatic heterocycles. The van der Waals surface area contributed by atoms with E-state index in [1.807, 2.05) is 42.6 Å². The van der Waals surface area contributed by atoms with Gasteiger partial charge in [-0.05, 0) is 36.1 Å². The molecule has 2 aromatic heterocycles. The van der Waals surface area contributed by atoms with Gasteiger partial charge >= 0.3 is 0 Å². The van der Waals surface area contributed by atoms with Crippen LogP contribution in [0.2, 0.25) is 0 Å². The Hall–Kier alpha value is -1.79. The molecule has 0 radical (unpaired) electrons. The van der Waals surface area contributed by atoms with Crippen LogP contribution in [0.3, 0.4) is 0 Å². The minimum atomic E-state index is 0.625. The SMILES string of the molecule is Cc1c(N)cccc1SCc1nc(-c2cccs2)no1. The molecule has 0 bridgehead atoms. The number of nitrogens with two attached hydrogens (primary N) is 1. The number of nitrogen functional groups attached to an aromatic ring is 1. The predicted octanol–water partition coefficient (Wildman–Crippen LogP) is 3.98. The number of hydrogen-bond donors (Lipinski definition) is 1. The van der Waals surface area contributed by atoms with Crippen molar-refractivity contribution in [2.45, 2.75) is 17.6 Å². The molecule has 0 unspecified atom stereocenters. The standard InChI is InChI=1S/C14H13N3OS2/c1-9-10(15)4-2-5-11(9)20-8-13-16-14(17-18-13)12-6-3-7-19-12/h2-7H,8,15H2,1H3. The summed E-state index contributed by atoms with van der Waals surface area (Å²) in [6.07, 6.45) is 0. The zero-order valence-electron chi connectivity index (χ0n) is 10.9. The number of rotatable bonds is 4. The number of nitrogens with zero attached hydrogens (tertiary/aromatic N) is 2. The van der Waals surface area contributed by atoms with Crippen molar-refractivity contribution in [1.29, 1.82) is 0 Å². The van der Waals surface area contributed by atoms with Gasteiger partial charge in [0.1, 0.15) is 0 Å². The van der Waals surface area contributed by atoms with Crippen LogP contribution in [0.1, 0.15) is 11.5 Å². The molecular weight excluding hydrogens is 290 g/mol. The first-order valence-corrected chi connectivity index (χ1v) is 7.95. The maximum Gasteiger partial charge on any atom is 0.237 e. The van der Waals surface area contributed by atoms with Crippen LogP contribution in [0.15, 0.2) is 45.1 Å². The average molecular weight is 303 g/mol. The van der Waals surface area contributed by atoms with E-state index in [0.29, 0.717) is 17.5 Å². The van der Waals surface area contributed by atoms with Gasteiger partial charge in [0.05, 0.1) is 10.6 Å². The van der Waals surface area contributed by atoms with Crippen LogP contribution >= 0.6 is 23.1 Å². The minimum Gasteiger partial charge on any atom is -0.398 e. The van der Waals surface area contributed by atoms with Crippen molar-refractivity contribution in [3.63, 3.8) is 0 Å². The minimum absolute atomic E-state index is 0.625. The van der Waals surface area contributed by atoms with Crippen LogP contribution in [0.25, 0.3) is 10.7 Å². The number of thioether (sulfide) groups is 1. The summed E-state index contributed by atoms with van der Waals surface area (Å²) in [5.41, 5.74) is 7.79. The Balaban J connectivity index is 1.71. The normalized spacial score (nSPS) is 10.8. The Morgan fingerprint density at radius 1 is 1.30 bits per heavy atom. The lowest BCUT2D eigenvalue weighted by Gasteiger charge is -2.05. The topological polar surface area (TPSA) is 64.9 Å². The second-order valence-corrected chi connectivity index (χ2v) is 6.21. The van der Waals surface area contributed by atoms with Crippen molar-refractivity contribution >= 4 is 28.8 Å². The molecule has 0 saturated heterocycles. The number of aromatic nitrogens is 2. The molecule has 20 heavy (non-hydrogen) atoms. The van der Waals surface area contributed by atoms with Crippen LogP contribution in [-0.4, -0.2) is 10.1 Å². The van der Waals surface area contributed by atoms with Crippen molar-refractivity contribution in [2.24, 2.45) is 0 Å². The van der Waals surface area contributed by atoms with E-state index in [0.717, 1.165) is 21.0 Å². The molecule has 0 amide bonds. The lowest BCUT2D eigenvalue weighted by Crippen LogP contribution is -1.91. The summed E-state index contributed by atoms with van der Waals surface area (Å²) in [6, 6.07) is 9.86. The maximum atomic E-state index is 5.89. The molecule has 0 atom stereocenters. The summed E-state index contributed by atoms with van der Waals surface area (Å²) in [4.78, 5) is 6.56. The highest BCUT2D eigenvalue weighted by Gasteiger charge is 2.10. The highest BCUT2D eigenvalue weighted by molar-refractivity contribution is 7.98. The molecule has 3 aromatic rings. The van der Waals surface area contributed by atoms with Crippen molar-refractivity contribution in [2.75, 3.05) is 5.73 Å². The third kappa shape index (κ3) is 2.71. The average Bonchev–Trinajstić information content (AvgIpc) is 3.10. The molecule has 2 N–H and O–H groups in total. The summed E-state index contributed by atoms with van der Waals surface area (Å²) < 4.78 is 5.27. The zero-order chi connectivity index (χ0) is 13.9. The zero-order valence-corrected chi connectivity index (χ0v) is 12.5. The van der Waals surface area contributed by atoms with Gasteiger partial charge < -0.3 is 10.3 Å². The second kappa shape index (κ2) is 5.68. The van der Waals surface area contributed by atoms with Crippen LogP contribution in [0, 0.1) is 6.92 Å². The van der Waals surface area contributed by atoms with Crippen LogP contribution < -0.4 is 5.73 Å². The summed E-state index contributed by atoms with van der Waals surface area (Å²) in [7, 11) is 0. The summed E-state index contributed by atoms with van der Waals surface area (Å²) in [5, 5.41) is 5.99. The van der Waals surface area contributed by atoms with E-state index in [4.69, 9.17) is 10.3 Å². The molecule has 4 nitrogen and oxygen atoms in total. The van der Waals surface area contributed by atoms with E-state index >= 15 is 0 Å². The summed E-state index contributed by atoms with van der Waals surface area (Å²) in [5.74, 6) is 1.92. The van der Waals surface area contributed by atoms with E-state index in [9.17, 15) is 0 Å². The summed E-state index contributed by atoms with van der Waals surface area (Å²) in [6.45, 7) is 2.02. The maximum absolute atomic E-state index is 5.89. The predicted molar refractivity (Wildman–Crippen MR) is 82.8 cm³/mol. The molecule has 1 aromatic carbocycles. The largest absolute Gasteiger partial charge is 0.398 e. The van der Waals surface area contributed by atoms with Gasteiger partial charge in [-0.3, -0.25) is 0 Å². The second-order valence-electron chi connectivity index (χ2n) is 4.25. The molecule has 2 heterocycles. The van der Waals surface area contributed by atoms with Gasteiger partial charge in [-0.1, -0.05) is 17.3 Å². The van der Waals surface area contributed by atoms with E-state index in [-0.39, 0.29) is 0 Å². The monoisotopic (exact) mass is 303 g/mol. The molecule has 3 rings (SSSR count). The Bertz CT molecular complexity index is 707. The fourth-order valence-electron chi connectivity index (χ4n) is 1.75. The van der Waals surface area contributed by atoms with E-state index in [2.05, 4.69) is 10.1 Å². The molecule has 6 heteroatoms. The lowest BCUT2D eigenvalue weighted by molar-refractivity contribution is 0.392. The number of anilines is 1. The smallest absolute Gasteiger partial charge is 0.237 e. The quantitative estimate of drug-likeness (QED) is 0.583. The van der Waals surface area contributed by atoms with E-state index in [1.165, 1.54) is 0 Å². The third-order valence-electron chi connectivity index (χ3n) is 2.89. The Labute approximate surface area is 125 Å². The molecule has 0 saturated carbocycles. The number of hydrogen-bond acceptors (Lipinski definition) is 6. The van der Waals surface area contributed by atoms with E-state index in [1.54, 1.807) is 23.1 Å². The third-order valence-corrected chi connectivity index (χ3v) is 4.90. The summed E-state index contributed by atoms with van der Waals surface area (Å²) >= 11 is 3.25. The first kappa shape index (κ1) is 13.2. The molecule has 0 fully saturated rings. The van der Waals surface area contributed by atoms with Gasteiger partial charge in [0.2, 0.25) is 11.7 Å².